The highest BCUT2D eigenvalue weighted by Crippen LogP contribution is 2.37. The molecule has 38 heavy (non-hydrogen) atoms. The Labute approximate surface area is 219 Å². The Morgan fingerprint density at radius 1 is 0.474 bits per heavy atom. The van der Waals surface area contributed by atoms with Crippen molar-refractivity contribution >= 4 is 43.5 Å². The van der Waals surface area contributed by atoms with Crippen molar-refractivity contribution in [2.24, 2.45) is 0 Å². The summed E-state index contributed by atoms with van der Waals surface area (Å²) in [6.07, 6.45) is 5.92. The van der Waals surface area contributed by atoms with E-state index in [9.17, 15) is 0 Å². The summed E-state index contributed by atoms with van der Waals surface area (Å²) in [6, 6.07) is 40.6. The van der Waals surface area contributed by atoms with Crippen LogP contribution in [0.15, 0.2) is 134 Å². The van der Waals surface area contributed by atoms with Crippen LogP contribution in [0.4, 0.5) is 0 Å². The first kappa shape index (κ1) is 20.9. The highest BCUT2D eigenvalue weighted by atomic mass is 15.0. The van der Waals surface area contributed by atoms with E-state index in [4.69, 9.17) is 4.98 Å². The molecule has 4 heteroatoms. The number of pyridine rings is 2. The second-order valence-electron chi connectivity index (χ2n) is 9.58. The Morgan fingerprint density at radius 3 is 2.13 bits per heavy atom. The fourth-order valence-electron chi connectivity index (χ4n) is 5.69. The van der Waals surface area contributed by atoms with Gasteiger partial charge in [0, 0.05) is 34.2 Å². The van der Waals surface area contributed by atoms with Crippen LogP contribution in [-0.2, 0) is 0 Å². The molecule has 0 spiro atoms. The summed E-state index contributed by atoms with van der Waals surface area (Å²) in [7, 11) is 0. The maximum Gasteiger partial charge on any atom is 0.0887 e. The molecule has 0 unspecified atom stereocenters. The van der Waals surface area contributed by atoms with Crippen LogP contribution in [0.3, 0.4) is 0 Å². The van der Waals surface area contributed by atoms with Gasteiger partial charge in [-0.3, -0.25) is 9.97 Å². The average Bonchev–Trinajstić information content (AvgIpc) is 3.57. The molecule has 0 fully saturated rings. The monoisotopic (exact) mass is 486 g/mol. The predicted molar refractivity (Wildman–Crippen MR) is 156 cm³/mol. The van der Waals surface area contributed by atoms with Gasteiger partial charge in [0.15, 0.2) is 0 Å². The van der Waals surface area contributed by atoms with E-state index in [-0.39, 0.29) is 0 Å². The van der Waals surface area contributed by atoms with Gasteiger partial charge in [-0.2, -0.15) is 0 Å². The van der Waals surface area contributed by atoms with Crippen molar-refractivity contribution in [3.05, 3.63) is 134 Å². The van der Waals surface area contributed by atoms with Crippen molar-refractivity contribution in [1.82, 2.24) is 19.1 Å². The van der Waals surface area contributed by atoms with Crippen LogP contribution in [-0.4, -0.2) is 19.1 Å². The zero-order valence-electron chi connectivity index (χ0n) is 20.5. The van der Waals surface area contributed by atoms with Gasteiger partial charge in [-0.25, -0.2) is 0 Å². The molecule has 0 aliphatic rings. The number of nitrogens with zero attached hydrogens (tertiary/aromatic N) is 4. The van der Waals surface area contributed by atoms with E-state index < -0.39 is 0 Å². The highest BCUT2D eigenvalue weighted by Gasteiger charge is 2.15. The summed E-state index contributed by atoms with van der Waals surface area (Å²) in [5.41, 5.74) is 7.48. The summed E-state index contributed by atoms with van der Waals surface area (Å²) in [5.74, 6) is 0. The van der Waals surface area contributed by atoms with Gasteiger partial charge in [-0.05, 0) is 77.5 Å². The molecular formula is C34H22N4. The molecule has 0 saturated heterocycles. The number of hydrogen-bond acceptors (Lipinski definition) is 2. The fourth-order valence-corrected chi connectivity index (χ4v) is 5.69. The molecule has 0 aliphatic carbocycles. The molecule has 0 amide bonds. The van der Waals surface area contributed by atoms with E-state index in [0.717, 1.165) is 22.8 Å². The molecule has 4 heterocycles. The summed E-state index contributed by atoms with van der Waals surface area (Å²) in [5, 5.41) is 6.20. The van der Waals surface area contributed by atoms with Crippen LogP contribution in [0.5, 0.6) is 0 Å². The highest BCUT2D eigenvalue weighted by molar-refractivity contribution is 6.18. The second kappa shape index (κ2) is 8.15. The second-order valence-corrected chi connectivity index (χ2v) is 9.58. The van der Waals surface area contributed by atoms with Crippen molar-refractivity contribution in [3.63, 3.8) is 0 Å². The van der Waals surface area contributed by atoms with Gasteiger partial charge < -0.3 is 9.13 Å². The van der Waals surface area contributed by atoms with Crippen molar-refractivity contribution in [2.75, 3.05) is 0 Å². The largest absolute Gasteiger partial charge is 0.317 e. The third kappa shape index (κ3) is 3.10. The molecule has 4 aromatic carbocycles. The molecule has 8 rings (SSSR count). The van der Waals surface area contributed by atoms with Gasteiger partial charge >= 0.3 is 0 Å². The number of para-hydroxylation sites is 2. The molecule has 4 aromatic heterocycles. The molecule has 4 nitrogen and oxygen atoms in total. The lowest BCUT2D eigenvalue weighted by Crippen LogP contribution is -1.96. The quantitative estimate of drug-likeness (QED) is 0.252. The van der Waals surface area contributed by atoms with E-state index >= 15 is 0 Å². The molecule has 0 saturated carbocycles. The number of rotatable bonds is 3. The smallest absolute Gasteiger partial charge is 0.0887 e. The van der Waals surface area contributed by atoms with E-state index in [1.807, 2.05) is 24.4 Å². The lowest BCUT2D eigenvalue weighted by Gasteiger charge is -2.10. The van der Waals surface area contributed by atoms with Gasteiger partial charge in [0.2, 0.25) is 0 Å². The molecule has 178 valence electrons. The number of hydrogen-bond donors (Lipinski definition) is 0. The SMILES string of the molecule is c1ccc(-n2ccc3c4cc5c(cc4ccc32)c2ccccc2n5-c2ccc(-c3ccccn3)nc2)cc1. The molecule has 0 radical (unpaired) electrons. The van der Waals surface area contributed by atoms with Crippen LogP contribution in [0, 0.1) is 0 Å². The van der Waals surface area contributed by atoms with E-state index in [2.05, 4.69) is 117 Å². The molecular weight excluding hydrogens is 464 g/mol. The molecule has 0 bridgehead atoms. The third-order valence-corrected chi connectivity index (χ3v) is 7.45. The Hall–Kier alpha value is -5.22. The first-order valence-electron chi connectivity index (χ1n) is 12.8. The van der Waals surface area contributed by atoms with Gasteiger partial charge in [0.05, 0.1) is 39.8 Å². The Bertz CT molecular complexity index is 2100. The van der Waals surface area contributed by atoms with Crippen molar-refractivity contribution < 1.29 is 0 Å². The van der Waals surface area contributed by atoms with Crippen molar-refractivity contribution in [1.29, 1.82) is 0 Å². The summed E-state index contributed by atoms with van der Waals surface area (Å²) >= 11 is 0. The van der Waals surface area contributed by atoms with Crippen molar-refractivity contribution in [2.45, 2.75) is 0 Å². The zero-order chi connectivity index (χ0) is 25.1. The predicted octanol–water partition coefficient (Wildman–Crippen LogP) is 8.34. The Morgan fingerprint density at radius 2 is 1.29 bits per heavy atom. The number of benzene rings is 4. The molecule has 0 aliphatic heterocycles. The minimum Gasteiger partial charge on any atom is -0.317 e. The van der Waals surface area contributed by atoms with Crippen LogP contribution in [0.2, 0.25) is 0 Å². The van der Waals surface area contributed by atoms with Gasteiger partial charge in [-0.1, -0.05) is 48.5 Å². The normalized spacial score (nSPS) is 11.7. The van der Waals surface area contributed by atoms with Gasteiger partial charge in [0.25, 0.3) is 0 Å². The number of aromatic nitrogens is 4. The van der Waals surface area contributed by atoms with Crippen LogP contribution in [0.1, 0.15) is 0 Å². The lowest BCUT2D eigenvalue weighted by atomic mass is 10.0. The lowest BCUT2D eigenvalue weighted by molar-refractivity contribution is 1.13. The Kier molecular flexibility index (Phi) is 4.49. The maximum absolute atomic E-state index is 4.78. The standard InChI is InChI=1S/C34H22N4/c1-2-8-24(9-3-1)37-19-17-27-28-21-34-29(20-23(28)13-16-32(27)37)26-10-4-5-12-33(26)38(34)25-14-15-31(36-22-25)30-11-6-7-18-35-30/h1-22H. The average molecular weight is 487 g/mol. The molecule has 0 N–H and O–H groups in total. The summed E-state index contributed by atoms with van der Waals surface area (Å²) in [4.78, 5) is 9.24. The van der Waals surface area contributed by atoms with Gasteiger partial charge in [-0.15, -0.1) is 0 Å². The van der Waals surface area contributed by atoms with Crippen LogP contribution in [0.25, 0.3) is 66.2 Å². The fraction of sp³-hybridized carbons (Fsp3) is 0. The number of fused-ring (bicyclic) bond motifs is 6. The van der Waals surface area contributed by atoms with Crippen molar-refractivity contribution in [3.8, 4) is 22.8 Å². The maximum atomic E-state index is 4.78. The third-order valence-electron chi connectivity index (χ3n) is 7.45. The van der Waals surface area contributed by atoms with E-state index in [0.29, 0.717) is 0 Å². The topological polar surface area (TPSA) is 35.6 Å². The minimum atomic E-state index is 0.865. The van der Waals surface area contributed by atoms with Crippen LogP contribution < -0.4 is 0 Å². The Balaban J connectivity index is 1.38. The summed E-state index contributed by atoms with van der Waals surface area (Å²) in [6.45, 7) is 0. The zero-order valence-corrected chi connectivity index (χ0v) is 20.5. The van der Waals surface area contributed by atoms with Crippen LogP contribution >= 0.6 is 0 Å². The summed E-state index contributed by atoms with van der Waals surface area (Å²) < 4.78 is 4.58. The molecule has 0 atom stereocenters. The first-order chi connectivity index (χ1) is 18.8. The van der Waals surface area contributed by atoms with E-state index in [1.54, 1.807) is 6.20 Å². The first-order valence-corrected chi connectivity index (χ1v) is 12.8. The van der Waals surface area contributed by atoms with E-state index in [1.165, 1.54) is 43.5 Å². The van der Waals surface area contributed by atoms with Gasteiger partial charge in [0.1, 0.15) is 0 Å². The minimum absolute atomic E-state index is 0.865. The molecule has 8 aromatic rings.